The zero-order valence-corrected chi connectivity index (χ0v) is 12.9. The van der Waals surface area contributed by atoms with Crippen molar-refractivity contribution in [3.8, 4) is 0 Å². The molecule has 1 heterocycles. The first-order chi connectivity index (χ1) is 10.0. The largest absolute Gasteiger partial charge is 0.366 e. The van der Waals surface area contributed by atoms with Gasteiger partial charge in [0, 0.05) is 19.3 Å². The molecule has 0 saturated carbocycles. The standard InChI is InChI=1S/C16H18ClN3O/c1-3-20(10-12-7-5-4-6-11(12)2)16-14(17)8-13(9-19-16)15(18)21/h4-9H,3,10H2,1-2H3,(H2,18,21). The Bertz CT molecular complexity index is 658. The smallest absolute Gasteiger partial charge is 0.250 e. The van der Waals surface area contributed by atoms with Crippen LogP contribution in [0.25, 0.3) is 0 Å². The topological polar surface area (TPSA) is 59.2 Å². The van der Waals surface area contributed by atoms with E-state index in [-0.39, 0.29) is 0 Å². The molecular weight excluding hydrogens is 286 g/mol. The Hall–Kier alpha value is -2.07. The van der Waals surface area contributed by atoms with Gasteiger partial charge in [-0.1, -0.05) is 35.9 Å². The zero-order chi connectivity index (χ0) is 15.4. The van der Waals surface area contributed by atoms with Crippen LogP contribution in [0.5, 0.6) is 0 Å². The maximum absolute atomic E-state index is 11.1. The van der Waals surface area contributed by atoms with Crippen molar-refractivity contribution in [3.63, 3.8) is 0 Å². The Kier molecular flexibility index (Phi) is 4.81. The molecule has 0 aliphatic rings. The first-order valence-electron chi connectivity index (χ1n) is 6.77. The number of carbonyl (C=O) groups is 1. The summed E-state index contributed by atoms with van der Waals surface area (Å²) in [5, 5.41) is 0.432. The highest BCUT2D eigenvalue weighted by Crippen LogP contribution is 2.26. The Morgan fingerprint density at radius 1 is 1.38 bits per heavy atom. The van der Waals surface area contributed by atoms with Crippen LogP contribution in [-0.2, 0) is 6.54 Å². The molecule has 0 bridgehead atoms. The maximum atomic E-state index is 11.1. The number of rotatable bonds is 5. The number of anilines is 1. The number of hydrogen-bond donors (Lipinski definition) is 1. The van der Waals surface area contributed by atoms with Crippen molar-refractivity contribution in [2.75, 3.05) is 11.4 Å². The molecule has 0 unspecified atom stereocenters. The monoisotopic (exact) mass is 303 g/mol. The van der Waals surface area contributed by atoms with Crippen LogP contribution in [0.2, 0.25) is 5.02 Å². The molecule has 1 aromatic heterocycles. The molecule has 0 atom stereocenters. The van der Waals surface area contributed by atoms with Gasteiger partial charge in [0.25, 0.3) is 0 Å². The van der Waals surface area contributed by atoms with Crippen LogP contribution in [-0.4, -0.2) is 17.4 Å². The van der Waals surface area contributed by atoms with Crippen LogP contribution in [0.1, 0.15) is 28.4 Å². The van der Waals surface area contributed by atoms with E-state index in [4.69, 9.17) is 17.3 Å². The molecule has 0 aliphatic heterocycles. The van der Waals surface area contributed by atoms with Crippen molar-refractivity contribution >= 4 is 23.3 Å². The summed E-state index contributed by atoms with van der Waals surface area (Å²) in [5.74, 6) is 0.130. The summed E-state index contributed by atoms with van der Waals surface area (Å²) >= 11 is 6.24. The van der Waals surface area contributed by atoms with E-state index in [9.17, 15) is 4.79 Å². The molecule has 5 heteroatoms. The maximum Gasteiger partial charge on any atom is 0.250 e. The van der Waals surface area contributed by atoms with Gasteiger partial charge in [-0.25, -0.2) is 4.98 Å². The van der Waals surface area contributed by atoms with Crippen molar-refractivity contribution < 1.29 is 4.79 Å². The Labute approximate surface area is 129 Å². The Morgan fingerprint density at radius 2 is 2.10 bits per heavy atom. The molecule has 0 saturated heterocycles. The molecular formula is C16H18ClN3O. The van der Waals surface area contributed by atoms with Gasteiger partial charge in [0.2, 0.25) is 5.91 Å². The van der Waals surface area contributed by atoms with Crippen molar-refractivity contribution in [1.29, 1.82) is 0 Å². The van der Waals surface area contributed by atoms with Crippen LogP contribution in [0.3, 0.4) is 0 Å². The van der Waals surface area contributed by atoms with Gasteiger partial charge in [0.1, 0.15) is 5.82 Å². The zero-order valence-electron chi connectivity index (χ0n) is 12.1. The van der Waals surface area contributed by atoms with Gasteiger partial charge in [-0.3, -0.25) is 4.79 Å². The van der Waals surface area contributed by atoms with Gasteiger partial charge < -0.3 is 10.6 Å². The Morgan fingerprint density at radius 3 is 2.67 bits per heavy atom. The molecule has 110 valence electrons. The summed E-state index contributed by atoms with van der Waals surface area (Å²) in [4.78, 5) is 17.5. The van der Waals surface area contributed by atoms with Crippen LogP contribution < -0.4 is 10.6 Å². The van der Waals surface area contributed by atoms with E-state index in [0.29, 0.717) is 22.9 Å². The minimum absolute atomic E-state index is 0.315. The minimum Gasteiger partial charge on any atom is -0.366 e. The van der Waals surface area contributed by atoms with E-state index in [1.807, 2.05) is 19.1 Å². The third-order valence-electron chi connectivity index (χ3n) is 3.41. The predicted molar refractivity (Wildman–Crippen MR) is 85.7 cm³/mol. The minimum atomic E-state index is -0.530. The normalized spacial score (nSPS) is 10.4. The molecule has 0 spiro atoms. The number of aromatic nitrogens is 1. The first kappa shape index (κ1) is 15.3. The summed E-state index contributed by atoms with van der Waals surface area (Å²) in [6.07, 6.45) is 1.46. The summed E-state index contributed by atoms with van der Waals surface area (Å²) in [6.45, 7) is 5.59. The van der Waals surface area contributed by atoms with Gasteiger partial charge in [-0.2, -0.15) is 0 Å². The van der Waals surface area contributed by atoms with Gasteiger partial charge >= 0.3 is 0 Å². The Balaban J connectivity index is 2.30. The second kappa shape index (κ2) is 6.59. The lowest BCUT2D eigenvalue weighted by Crippen LogP contribution is -2.24. The van der Waals surface area contributed by atoms with Gasteiger partial charge in [-0.15, -0.1) is 0 Å². The number of carbonyl (C=O) groups excluding carboxylic acids is 1. The van der Waals surface area contributed by atoms with Crippen LogP contribution in [0, 0.1) is 6.92 Å². The molecule has 2 rings (SSSR count). The SMILES string of the molecule is CCN(Cc1ccccc1C)c1ncc(C(N)=O)cc1Cl. The van der Waals surface area contributed by atoms with Gasteiger partial charge in [0.15, 0.2) is 0 Å². The highest BCUT2D eigenvalue weighted by atomic mass is 35.5. The van der Waals surface area contributed by atoms with E-state index in [1.165, 1.54) is 17.3 Å². The number of nitrogens with zero attached hydrogens (tertiary/aromatic N) is 2. The summed E-state index contributed by atoms with van der Waals surface area (Å²) < 4.78 is 0. The lowest BCUT2D eigenvalue weighted by atomic mass is 10.1. The highest BCUT2D eigenvalue weighted by molar-refractivity contribution is 6.33. The van der Waals surface area contributed by atoms with E-state index >= 15 is 0 Å². The highest BCUT2D eigenvalue weighted by Gasteiger charge is 2.14. The number of hydrogen-bond acceptors (Lipinski definition) is 3. The summed E-state index contributed by atoms with van der Waals surface area (Å²) in [5.41, 5.74) is 7.99. The molecule has 0 fully saturated rings. The van der Waals surface area contributed by atoms with Crippen LogP contribution in [0.4, 0.5) is 5.82 Å². The van der Waals surface area contributed by atoms with Crippen LogP contribution in [0.15, 0.2) is 36.5 Å². The van der Waals surface area contributed by atoms with Crippen molar-refractivity contribution in [2.24, 2.45) is 5.73 Å². The first-order valence-corrected chi connectivity index (χ1v) is 7.15. The quantitative estimate of drug-likeness (QED) is 0.923. The van der Waals surface area contributed by atoms with Crippen molar-refractivity contribution in [3.05, 3.63) is 58.2 Å². The van der Waals surface area contributed by atoms with Crippen molar-refractivity contribution in [2.45, 2.75) is 20.4 Å². The second-order valence-electron chi connectivity index (χ2n) is 4.83. The fourth-order valence-electron chi connectivity index (χ4n) is 2.13. The third-order valence-corrected chi connectivity index (χ3v) is 3.69. The predicted octanol–water partition coefficient (Wildman–Crippen LogP) is 3.17. The van der Waals surface area contributed by atoms with E-state index in [2.05, 4.69) is 28.9 Å². The van der Waals surface area contributed by atoms with E-state index in [1.54, 1.807) is 6.07 Å². The molecule has 0 radical (unpaired) electrons. The van der Waals surface area contributed by atoms with E-state index in [0.717, 1.165) is 6.54 Å². The lowest BCUT2D eigenvalue weighted by Gasteiger charge is -2.24. The molecule has 1 aromatic carbocycles. The molecule has 2 N–H and O–H groups in total. The molecule has 21 heavy (non-hydrogen) atoms. The number of aryl methyl sites for hydroxylation is 1. The van der Waals surface area contributed by atoms with Gasteiger partial charge in [-0.05, 0) is 31.0 Å². The number of benzene rings is 1. The van der Waals surface area contributed by atoms with Crippen LogP contribution >= 0.6 is 11.6 Å². The number of pyridine rings is 1. The van der Waals surface area contributed by atoms with E-state index < -0.39 is 5.91 Å². The van der Waals surface area contributed by atoms with Crippen molar-refractivity contribution in [1.82, 2.24) is 4.98 Å². The second-order valence-corrected chi connectivity index (χ2v) is 5.24. The molecule has 0 aliphatic carbocycles. The summed E-state index contributed by atoms with van der Waals surface area (Å²) in [7, 11) is 0. The number of halogens is 1. The molecule has 4 nitrogen and oxygen atoms in total. The number of primary amides is 1. The van der Waals surface area contributed by atoms with Gasteiger partial charge in [0.05, 0.1) is 10.6 Å². The average molecular weight is 304 g/mol. The lowest BCUT2D eigenvalue weighted by molar-refractivity contribution is 0.1000. The molecule has 1 amide bonds. The third kappa shape index (κ3) is 3.52. The summed E-state index contributed by atoms with van der Waals surface area (Å²) in [6, 6.07) is 9.76. The number of nitrogens with two attached hydrogens (primary N) is 1. The average Bonchev–Trinajstić information content (AvgIpc) is 2.47. The number of amides is 1. The fraction of sp³-hybridized carbons (Fsp3) is 0.250. The molecule has 2 aromatic rings. The fourth-order valence-corrected chi connectivity index (χ4v) is 2.41.